The molecule has 2 heterocycles. The first-order chi connectivity index (χ1) is 10.3. The highest BCUT2D eigenvalue weighted by atomic mass is 15.2. The van der Waals surface area contributed by atoms with Crippen LogP contribution in [0.5, 0.6) is 0 Å². The number of H-pyrrole nitrogens is 1. The van der Waals surface area contributed by atoms with Crippen molar-refractivity contribution in [2.45, 2.75) is 32.6 Å². The smallest absolute Gasteiger partial charge is 0.183 e. The van der Waals surface area contributed by atoms with Crippen LogP contribution in [-0.4, -0.2) is 15.2 Å². The molecule has 1 aliphatic rings. The minimum atomic E-state index is 0.766. The van der Waals surface area contributed by atoms with Crippen molar-refractivity contribution in [2.24, 2.45) is 0 Å². The van der Waals surface area contributed by atoms with Gasteiger partial charge in [-0.15, -0.1) is 0 Å². The summed E-state index contributed by atoms with van der Waals surface area (Å²) < 4.78 is 0. The molecule has 0 bridgehead atoms. The molecule has 21 heavy (non-hydrogen) atoms. The maximum absolute atomic E-state index is 4.59. The summed E-state index contributed by atoms with van der Waals surface area (Å²) in [6.07, 6.45) is 4.92. The summed E-state index contributed by atoms with van der Waals surface area (Å²) in [4.78, 5) is 4.59. The monoisotopic (exact) mass is 278 g/mol. The number of nitrogens with zero attached hydrogens (tertiary/aromatic N) is 2. The van der Waals surface area contributed by atoms with Gasteiger partial charge in [0.25, 0.3) is 0 Å². The zero-order chi connectivity index (χ0) is 14.2. The first-order valence-corrected chi connectivity index (χ1v) is 7.51. The highest BCUT2D eigenvalue weighted by molar-refractivity contribution is 5.80. The fraction of sp³-hybridized carbons (Fsp3) is 0.294. The molecule has 0 atom stereocenters. The molecule has 1 aliphatic carbocycles. The van der Waals surface area contributed by atoms with Crippen LogP contribution in [0.15, 0.2) is 30.3 Å². The Balaban J connectivity index is 1.71. The van der Waals surface area contributed by atoms with Gasteiger partial charge in [0.2, 0.25) is 0 Å². The zero-order valence-corrected chi connectivity index (χ0v) is 12.1. The van der Waals surface area contributed by atoms with E-state index in [0.717, 1.165) is 29.0 Å². The average molecular weight is 278 g/mol. The van der Waals surface area contributed by atoms with E-state index in [1.165, 1.54) is 36.1 Å². The van der Waals surface area contributed by atoms with E-state index in [0.29, 0.717) is 0 Å². The average Bonchev–Trinajstić information content (AvgIpc) is 2.89. The van der Waals surface area contributed by atoms with E-state index in [-0.39, 0.29) is 0 Å². The summed E-state index contributed by atoms with van der Waals surface area (Å²) >= 11 is 0. The number of rotatable bonds is 2. The van der Waals surface area contributed by atoms with Crippen LogP contribution in [0.4, 0.5) is 11.5 Å². The molecule has 0 unspecified atom stereocenters. The Morgan fingerprint density at radius 1 is 1.10 bits per heavy atom. The first kappa shape index (κ1) is 12.4. The number of hydrogen-bond acceptors (Lipinski definition) is 3. The van der Waals surface area contributed by atoms with Gasteiger partial charge in [0.1, 0.15) is 5.82 Å². The maximum atomic E-state index is 4.59. The highest BCUT2D eigenvalue weighted by Gasteiger charge is 2.13. The van der Waals surface area contributed by atoms with Crippen molar-refractivity contribution < 1.29 is 0 Å². The zero-order valence-electron chi connectivity index (χ0n) is 12.1. The minimum Gasteiger partial charge on any atom is -0.340 e. The lowest BCUT2D eigenvalue weighted by molar-refractivity contribution is 0.687. The molecule has 0 amide bonds. The minimum absolute atomic E-state index is 0.766. The van der Waals surface area contributed by atoms with Crippen LogP contribution in [0.3, 0.4) is 0 Å². The van der Waals surface area contributed by atoms with Crippen molar-refractivity contribution in [3.05, 3.63) is 47.2 Å². The van der Waals surface area contributed by atoms with Crippen molar-refractivity contribution in [1.29, 1.82) is 0 Å². The first-order valence-electron chi connectivity index (χ1n) is 7.51. The number of aryl methyl sites for hydroxylation is 2. The fourth-order valence-electron chi connectivity index (χ4n) is 3.13. The molecule has 0 aliphatic heterocycles. The molecule has 2 aromatic heterocycles. The standard InChI is InChI=1S/C17H18N4/c1-11-13-9-10-16(19-17(13)21-20-11)18-15-8-4-6-12-5-2-3-7-14(12)15/h4,6,8-10H,2-3,5,7H2,1H3,(H2,18,19,20,21). The third kappa shape index (κ3) is 2.17. The predicted molar refractivity (Wildman–Crippen MR) is 85.0 cm³/mol. The van der Waals surface area contributed by atoms with Gasteiger partial charge in [-0.3, -0.25) is 5.10 Å². The lowest BCUT2D eigenvalue weighted by Gasteiger charge is -2.19. The van der Waals surface area contributed by atoms with Gasteiger partial charge in [0.05, 0.1) is 0 Å². The summed E-state index contributed by atoms with van der Waals surface area (Å²) in [7, 11) is 0. The van der Waals surface area contributed by atoms with E-state index >= 15 is 0 Å². The number of nitrogens with one attached hydrogen (secondary N) is 2. The molecule has 0 fully saturated rings. The van der Waals surface area contributed by atoms with Gasteiger partial charge in [-0.05, 0) is 61.9 Å². The lowest BCUT2D eigenvalue weighted by atomic mass is 9.90. The van der Waals surface area contributed by atoms with E-state index in [1.54, 1.807) is 0 Å². The summed E-state index contributed by atoms with van der Waals surface area (Å²) in [6, 6.07) is 10.6. The molecule has 0 spiro atoms. The molecular weight excluding hydrogens is 260 g/mol. The molecular formula is C17H18N4. The Kier molecular flexibility index (Phi) is 2.88. The molecule has 4 heteroatoms. The van der Waals surface area contributed by atoms with Crippen molar-refractivity contribution in [1.82, 2.24) is 15.2 Å². The van der Waals surface area contributed by atoms with Crippen LogP contribution in [0.1, 0.15) is 29.7 Å². The Bertz CT molecular complexity index is 804. The SMILES string of the molecule is Cc1[nH]nc2nc(Nc3cccc4c3CCCC4)ccc12. The van der Waals surface area contributed by atoms with E-state index < -0.39 is 0 Å². The second-order valence-corrected chi connectivity index (χ2v) is 5.69. The van der Waals surface area contributed by atoms with Crippen LogP contribution in [0.2, 0.25) is 0 Å². The molecule has 4 nitrogen and oxygen atoms in total. The van der Waals surface area contributed by atoms with Gasteiger partial charge in [-0.2, -0.15) is 5.10 Å². The number of pyridine rings is 1. The van der Waals surface area contributed by atoms with E-state index in [1.807, 2.05) is 13.0 Å². The van der Waals surface area contributed by atoms with Crippen molar-refractivity contribution in [2.75, 3.05) is 5.32 Å². The summed E-state index contributed by atoms with van der Waals surface area (Å²) in [5, 5.41) is 11.8. The van der Waals surface area contributed by atoms with Gasteiger partial charge < -0.3 is 5.32 Å². The van der Waals surface area contributed by atoms with Gasteiger partial charge >= 0.3 is 0 Å². The molecule has 1 aromatic carbocycles. The molecule has 106 valence electrons. The largest absolute Gasteiger partial charge is 0.340 e. The molecule has 4 rings (SSSR count). The lowest BCUT2D eigenvalue weighted by Crippen LogP contribution is -2.06. The topological polar surface area (TPSA) is 53.6 Å². The Morgan fingerprint density at radius 3 is 2.95 bits per heavy atom. The maximum Gasteiger partial charge on any atom is 0.183 e. The van der Waals surface area contributed by atoms with Gasteiger partial charge in [0.15, 0.2) is 5.65 Å². The quantitative estimate of drug-likeness (QED) is 0.747. The van der Waals surface area contributed by atoms with Gasteiger partial charge in [-0.1, -0.05) is 12.1 Å². The number of hydrogen-bond donors (Lipinski definition) is 2. The van der Waals surface area contributed by atoms with Gasteiger partial charge in [0, 0.05) is 16.8 Å². The molecule has 0 saturated heterocycles. The number of aromatic nitrogens is 3. The summed E-state index contributed by atoms with van der Waals surface area (Å²) in [5.41, 5.74) is 5.93. The van der Waals surface area contributed by atoms with Gasteiger partial charge in [-0.25, -0.2) is 4.98 Å². The second kappa shape index (κ2) is 4.88. The van der Waals surface area contributed by atoms with Crippen molar-refractivity contribution in [3.8, 4) is 0 Å². The third-order valence-electron chi connectivity index (χ3n) is 4.27. The molecule has 3 aromatic rings. The Morgan fingerprint density at radius 2 is 2.00 bits per heavy atom. The third-order valence-corrected chi connectivity index (χ3v) is 4.27. The summed E-state index contributed by atoms with van der Waals surface area (Å²) in [6.45, 7) is 2.01. The van der Waals surface area contributed by atoms with E-state index in [4.69, 9.17) is 0 Å². The van der Waals surface area contributed by atoms with E-state index in [9.17, 15) is 0 Å². The molecule has 2 N–H and O–H groups in total. The number of fused-ring (bicyclic) bond motifs is 2. The molecule has 0 saturated carbocycles. The van der Waals surface area contributed by atoms with Crippen LogP contribution in [-0.2, 0) is 12.8 Å². The molecule has 0 radical (unpaired) electrons. The summed E-state index contributed by atoms with van der Waals surface area (Å²) in [5.74, 6) is 0.855. The van der Waals surface area contributed by atoms with Crippen LogP contribution < -0.4 is 5.32 Å². The second-order valence-electron chi connectivity index (χ2n) is 5.69. The van der Waals surface area contributed by atoms with Crippen molar-refractivity contribution in [3.63, 3.8) is 0 Å². The van der Waals surface area contributed by atoms with Crippen LogP contribution >= 0.6 is 0 Å². The fourth-order valence-corrected chi connectivity index (χ4v) is 3.13. The van der Waals surface area contributed by atoms with Crippen molar-refractivity contribution >= 4 is 22.5 Å². The Hall–Kier alpha value is -2.36. The van der Waals surface area contributed by atoms with E-state index in [2.05, 4.69) is 44.8 Å². The number of aromatic amines is 1. The van der Waals surface area contributed by atoms with Crippen LogP contribution in [0.25, 0.3) is 11.0 Å². The normalized spacial score (nSPS) is 14.1. The van der Waals surface area contributed by atoms with Crippen LogP contribution in [0, 0.1) is 6.92 Å². The Labute approximate surface area is 123 Å². The highest BCUT2D eigenvalue weighted by Crippen LogP contribution is 2.30. The predicted octanol–water partition coefficient (Wildman–Crippen LogP) is 3.89. The number of anilines is 2. The number of benzene rings is 1.